The first-order valence-electron chi connectivity index (χ1n) is 6.92. The van der Waals surface area contributed by atoms with Crippen molar-refractivity contribution in [3.05, 3.63) is 82.5 Å². The Morgan fingerprint density at radius 1 is 0.895 bits per heavy atom. The molecule has 1 aromatic rings. The summed E-state index contributed by atoms with van der Waals surface area (Å²) in [6, 6.07) is 8.90. The Hall–Kier alpha value is -1.82. The third kappa shape index (κ3) is 1.59. The fourth-order valence-corrected chi connectivity index (χ4v) is 3.71. The monoisotopic (exact) mass is 248 g/mol. The summed E-state index contributed by atoms with van der Waals surface area (Å²) in [5, 5.41) is 0. The lowest BCUT2D eigenvalue weighted by atomic mass is 9.62. The summed E-state index contributed by atoms with van der Waals surface area (Å²) in [4.78, 5) is 0. The van der Waals surface area contributed by atoms with Crippen LogP contribution < -0.4 is 0 Å². The molecule has 1 aromatic carbocycles. The Kier molecular flexibility index (Phi) is 2.82. The molecule has 0 saturated carbocycles. The van der Waals surface area contributed by atoms with Crippen molar-refractivity contribution in [1.82, 2.24) is 0 Å². The van der Waals surface area contributed by atoms with Crippen LogP contribution in [-0.2, 0) is 0 Å². The summed E-state index contributed by atoms with van der Waals surface area (Å²) in [6.45, 7) is 10.7. The molecule has 3 aliphatic rings. The molecule has 0 heterocycles. The number of allylic oxidation sites excluding steroid dienone is 7. The van der Waals surface area contributed by atoms with Gasteiger partial charge in [-0.15, -0.1) is 0 Å². The van der Waals surface area contributed by atoms with Crippen LogP contribution in [0.4, 0.5) is 0 Å². The van der Waals surface area contributed by atoms with Crippen LogP contribution in [0.5, 0.6) is 0 Å². The molecule has 2 bridgehead atoms. The molecule has 0 radical (unpaired) electrons. The van der Waals surface area contributed by atoms with Crippen LogP contribution in [0.1, 0.15) is 43.7 Å². The van der Waals surface area contributed by atoms with Crippen LogP contribution in [0.25, 0.3) is 0 Å². The Balaban J connectivity index is 2.24. The molecule has 96 valence electrons. The van der Waals surface area contributed by atoms with Gasteiger partial charge >= 0.3 is 0 Å². The summed E-state index contributed by atoms with van der Waals surface area (Å²) in [6.07, 6.45) is 6.16. The van der Waals surface area contributed by atoms with E-state index in [0.717, 1.165) is 0 Å². The largest absolute Gasteiger partial charge is 0.0991 e. The molecule has 0 aliphatic heterocycles. The van der Waals surface area contributed by atoms with Gasteiger partial charge in [0.2, 0.25) is 0 Å². The maximum absolute atomic E-state index is 3.79. The van der Waals surface area contributed by atoms with E-state index in [0.29, 0.717) is 11.8 Å². The van der Waals surface area contributed by atoms with Crippen molar-refractivity contribution < 1.29 is 0 Å². The van der Waals surface area contributed by atoms with Gasteiger partial charge in [-0.3, -0.25) is 0 Å². The fourth-order valence-electron chi connectivity index (χ4n) is 3.71. The third-order valence-electron chi connectivity index (χ3n) is 4.72. The average Bonchev–Trinajstić information content (AvgIpc) is 2.42. The first kappa shape index (κ1) is 12.2. The van der Waals surface area contributed by atoms with E-state index in [1.54, 1.807) is 0 Å². The molecule has 2 unspecified atom stereocenters. The summed E-state index contributed by atoms with van der Waals surface area (Å²) in [5.74, 6) is 0.920. The lowest BCUT2D eigenvalue weighted by molar-refractivity contribution is 0.717. The summed E-state index contributed by atoms with van der Waals surface area (Å²) >= 11 is 0. The zero-order chi connectivity index (χ0) is 13.6. The van der Waals surface area contributed by atoms with Gasteiger partial charge in [0, 0.05) is 11.8 Å². The van der Waals surface area contributed by atoms with E-state index >= 15 is 0 Å². The summed E-state index contributed by atoms with van der Waals surface area (Å²) in [5.41, 5.74) is 9.03. The molecule has 0 nitrogen and oxygen atoms in total. The Morgan fingerprint density at radius 2 is 1.47 bits per heavy atom. The zero-order valence-electron chi connectivity index (χ0n) is 11.9. The van der Waals surface area contributed by atoms with Crippen LogP contribution in [-0.4, -0.2) is 0 Å². The number of benzene rings is 1. The van der Waals surface area contributed by atoms with Gasteiger partial charge in [-0.2, -0.15) is 0 Å². The van der Waals surface area contributed by atoms with Crippen LogP contribution in [0.3, 0.4) is 0 Å². The predicted octanol–water partition coefficient (Wildman–Crippen LogP) is 5.28. The molecule has 19 heavy (non-hydrogen) atoms. The van der Waals surface area contributed by atoms with Crippen LogP contribution in [0.15, 0.2) is 71.4 Å². The molecule has 0 amide bonds. The Morgan fingerprint density at radius 3 is 2.11 bits per heavy atom. The van der Waals surface area contributed by atoms with Gasteiger partial charge in [-0.05, 0) is 37.5 Å². The normalized spacial score (nSPS) is 25.2. The standard InChI is InChI=1S/C19H20/c1-5-6-9-15-14(4)18-12(2)13(3)19(15)17-11-8-7-10-16(17)18/h5-11,18-19H,1H2,2-4H3/b9-6-. The van der Waals surface area contributed by atoms with Crippen LogP contribution in [0.2, 0.25) is 0 Å². The minimum atomic E-state index is 0.442. The maximum Gasteiger partial charge on any atom is 0.0301 e. The minimum absolute atomic E-state index is 0.442. The van der Waals surface area contributed by atoms with Gasteiger partial charge < -0.3 is 0 Å². The first-order chi connectivity index (χ1) is 9.16. The Labute approximate surface area is 115 Å². The number of hydrogen-bond donors (Lipinski definition) is 0. The molecular formula is C19H20. The molecule has 0 spiro atoms. The lowest BCUT2D eigenvalue weighted by Gasteiger charge is -2.42. The highest BCUT2D eigenvalue weighted by molar-refractivity contribution is 5.63. The molecule has 0 saturated heterocycles. The van der Waals surface area contributed by atoms with Crippen LogP contribution >= 0.6 is 0 Å². The van der Waals surface area contributed by atoms with E-state index in [2.05, 4.69) is 63.8 Å². The van der Waals surface area contributed by atoms with Gasteiger partial charge in [0.15, 0.2) is 0 Å². The molecule has 2 atom stereocenters. The summed E-state index contributed by atoms with van der Waals surface area (Å²) in [7, 11) is 0. The van der Waals surface area contributed by atoms with E-state index in [1.807, 2.05) is 6.08 Å². The van der Waals surface area contributed by atoms with Crippen molar-refractivity contribution in [2.75, 3.05) is 0 Å². The lowest BCUT2D eigenvalue weighted by Crippen LogP contribution is -2.25. The van der Waals surface area contributed by atoms with Crippen molar-refractivity contribution in [3.63, 3.8) is 0 Å². The highest BCUT2D eigenvalue weighted by Crippen LogP contribution is 2.55. The molecule has 0 N–H and O–H groups in total. The zero-order valence-corrected chi connectivity index (χ0v) is 11.9. The highest BCUT2D eigenvalue weighted by Gasteiger charge is 2.38. The van der Waals surface area contributed by atoms with E-state index in [-0.39, 0.29) is 0 Å². The van der Waals surface area contributed by atoms with Gasteiger partial charge in [0.1, 0.15) is 0 Å². The van der Waals surface area contributed by atoms with Crippen molar-refractivity contribution in [1.29, 1.82) is 0 Å². The quantitative estimate of drug-likeness (QED) is 0.493. The third-order valence-corrected chi connectivity index (χ3v) is 4.72. The molecule has 0 aromatic heterocycles. The topological polar surface area (TPSA) is 0 Å². The minimum Gasteiger partial charge on any atom is -0.0991 e. The predicted molar refractivity (Wildman–Crippen MR) is 82.3 cm³/mol. The highest BCUT2D eigenvalue weighted by atomic mass is 14.4. The van der Waals surface area contributed by atoms with E-state index in [1.165, 1.54) is 33.4 Å². The van der Waals surface area contributed by atoms with Crippen molar-refractivity contribution >= 4 is 0 Å². The second-order valence-electron chi connectivity index (χ2n) is 5.59. The molecule has 0 heteroatoms. The van der Waals surface area contributed by atoms with E-state index in [4.69, 9.17) is 0 Å². The molecule has 3 aliphatic carbocycles. The van der Waals surface area contributed by atoms with Crippen molar-refractivity contribution in [2.24, 2.45) is 0 Å². The average molecular weight is 248 g/mol. The first-order valence-corrected chi connectivity index (χ1v) is 6.92. The SMILES string of the molecule is C=C/C=C\C1=C(C)C2C(C)=C(C)C1c1ccccc12. The van der Waals surface area contributed by atoms with Crippen molar-refractivity contribution in [2.45, 2.75) is 32.6 Å². The Bertz CT molecular complexity index is 638. The molecule has 4 rings (SSSR count). The van der Waals surface area contributed by atoms with Gasteiger partial charge in [0.05, 0.1) is 0 Å². The molecule has 0 fully saturated rings. The summed E-state index contributed by atoms with van der Waals surface area (Å²) < 4.78 is 0. The smallest absolute Gasteiger partial charge is 0.0301 e. The fraction of sp³-hybridized carbons (Fsp3) is 0.263. The van der Waals surface area contributed by atoms with E-state index in [9.17, 15) is 0 Å². The van der Waals surface area contributed by atoms with Gasteiger partial charge in [0.25, 0.3) is 0 Å². The number of hydrogen-bond acceptors (Lipinski definition) is 0. The van der Waals surface area contributed by atoms with Crippen molar-refractivity contribution in [3.8, 4) is 0 Å². The van der Waals surface area contributed by atoms with Gasteiger partial charge in [-0.1, -0.05) is 65.8 Å². The van der Waals surface area contributed by atoms with E-state index < -0.39 is 0 Å². The number of rotatable bonds is 2. The second-order valence-corrected chi connectivity index (χ2v) is 5.59. The maximum atomic E-state index is 3.79. The van der Waals surface area contributed by atoms with Gasteiger partial charge in [-0.25, -0.2) is 0 Å². The molecular weight excluding hydrogens is 228 g/mol. The second kappa shape index (κ2) is 4.38. The van der Waals surface area contributed by atoms with Crippen LogP contribution in [0, 0.1) is 0 Å².